The second-order valence-corrected chi connectivity index (χ2v) is 7.33. The average molecular weight is 435 g/mol. The summed E-state index contributed by atoms with van der Waals surface area (Å²) in [5.41, 5.74) is 6.88. The Kier molecular flexibility index (Phi) is 5.08. The normalized spacial score (nSPS) is 10.8. The minimum atomic E-state index is -0.453. The molecule has 0 bridgehead atoms. The lowest BCUT2D eigenvalue weighted by Gasteiger charge is -2.10. The molecule has 0 unspecified atom stereocenters. The number of pyridine rings is 1. The fraction of sp³-hybridized carbons (Fsp3) is 0. The monoisotopic (exact) mass is 435 g/mol. The zero-order chi connectivity index (χ0) is 22.8. The van der Waals surface area contributed by atoms with Crippen LogP contribution in [-0.4, -0.2) is 25.7 Å². The molecule has 0 saturated heterocycles. The van der Waals surface area contributed by atoms with Gasteiger partial charge in [0.25, 0.3) is 11.6 Å². The maximum atomic E-state index is 13.2. The number of hydrogen-bond donors (Lipinski definition) is 1. The molecule has 2 aromatic heterocycles. The number of carbonyl (C=O) groups is 1. The molecule has 1 amide bonds. The average Bonchev–Trinajstić information content (AvgIpc) is 3.32. The lowest BCUT2D eigenvalue weighted by atomic mass is 10.0. The third-order valence-corrected chi connectivity index (χ3v) is 5.21. The van der Waals surface area contributed by atoms with Gasteiger partial charge in [-0.3, -0.25) is 14.9 Å². The predicted molar refractivity (Wildman–Crippen MR) is 125 cm³/mol. The number of fused-ring (bicyclic) bond motifs is 1. The Morgan fingerprint density at radius 2 is 1.55 bits per heavy atom. The Morgan fingerprint density at radius 1 is 0.848 bits per heavy atom. The fourth-order valence-electron chi connectivity index (χ4n) is 3.58. The first-order valence-electron chi connectivity index (χ1n) is 10.2. The van der Waals surface area contributed by atoms with Crippen LogP contribution in [0.4, 0.5) is 5.69 Å². The lowest BCUT2D eigenvalue weighted by Crippen LogP contribution is -2.23. The van der Waals surface area contributed by atoms with E-state index in [1.165, 1.54) is 16.9 Å². The number of amides is 1. The molecule has 0 radical (unpaired) electrons. The van der Waals surface area contributed by atoms with E-state index in [2.05, 4.69) is 10.5 Å². The van der Waals surface area contributed by atoms with E-state index >= 15 is 0 Å². The molecular formula is C25H17N5O3. The van der Waals surface area contributed by atoms with Crippen LogP contribution in [0.1, 0.15) is 10.4 Å². The van der Waals surface area contributed by atoms with Crippen LogP contribution >= 0.6 is 0 Å². The number of para-hydroxylation sites is 1. The van der Waals surface area contributed by atoms with Crippen LogP contribution in [0, 0.1) is 10.1 Å². The molecule has 0 aliphatic heterocycles. The highest BCUT2D eigenvalue weighted by molar-refractivity contribution is 6.10. The van der Waals surface area contributed by atoms with Crippen molar-refractivity contribution in [3.8, 4) is 22.5 Å². The number of hydrogen-bond acceptors (Lipinski definition) is 5. The van der Waals surface area contributed by atoms with Crippen LogP contribution in [0.15, 0.2) is 97.2 Å². The van der Waals surface area contributed by atoms with Gasteiger partial charge >= 0.3 is 0 Å². The van der Waals surface area contributed by atoms with Crippen molar-refractivity contribution in [3.05, 3.63) is 113 Å². The van der Waals surface area contributed by atoms with Crippen LogP contribution in [0.2, 0.25) is 0 Å². The van der Waals surface area contributed by atoms with E-state index < -0.39 is 4.92 Å². The summed E-state index contributed by atoms with van der Waals surface area (Å²) < 4.78 is 0. The van der Waals surface area contributed by atoms with Crippen molar-refractivity contribution in [1.29, 1.82) is 0 Å². The minimum absolute atomic E-state index is 0.00488. The second-order valence-electron chi connectivity index (χ2n) is 7.33. The Balaban J connectivity index is 1.46. The molecule has 0 fully saturated rings. The van der Waals surface area contributed by atoms with Crippen molar-refractivity contribution >= 4 is 22.5 Å². The summed E-state index contributed by atoms with van der Waals surface area (Å²) in [6.45, 7) is 0. The lowest BCUT2D eigenvalue weighted by molar-refractivity contribution is -0.384. The van der Waals surface area contributed by atoms with E-state index in [0.717, 1.165) is 16.5 Å². The van der Waals surface area contributed by atoms with Crippen LogP contribution in [-0.2, 0) is 0 Å². The largest absolute Gasteiger partial charge is 0.272 e. The van der Waals surface area contributed by atoms with Gasteiger partial charge in [0.1, 0.15) is 0 Å². The van der Waals surface area contributed by atoms with Gasteiger partial charge in [0.2, 0.25) is 0 Å². The molecule has 33 heavy (non-hydrogen) atoms. The predicted octanol–water partition coefficient (Wildman–Crippen LogP) is 5.06. The van der Waals surface area contributed by atoms with Gasteiger partial charge in [0.15, 0.2) is 0 Å². The second kappa shape index (κ2) is 8.35. The SMILES string of the molecule is O=C(Nn1ccc(-c2ccc([N+](=O)[O-])cc2)n1)c1cc(-c2ccccc2)nc2ccccc12. The van der Waals surface area contributed by atoms with Gasteiger partial charge in [-0.15, -0.1) is 0 Å². The highest BCUT2D eigenvalue weighted by atomic mass is 16.6. The van der Waals surface area contributed by atoms with E-state index in [1.807, 2.05) is 54.6 Å². The van der Waals surface area contributed by atoms with Crippen molar-refractivity contribution in [2.45, 2.75) is 0 Å². The number of nitro groups is 1. The van der Waals surface area contributed by atoms with Gasteiger partial charge in [0, 0.05) is 34.8 Å². The first-order chi connectivity index (χ1) is 16.1. The standard InChI is InChI=1S/C25H17N5O3/c31-25(28-29-15-14-22(27-29)18-10-12-19(13-11-18)30(32)33)21-16-24(17-6-2-1-3-7-17)26-23-9-5-4-8-20(21)23/h1-16H,(H,28,31). The van der Waals surface area contributed by atoms with Gasteiger partial charge in [-0.1, -0.05) is 48.5 Å². The highest BCUT2D eigenvalue weighted by Gasteiger charge is 2.15. The van der Waals surface area contributed by atoms with E-state index in [0.29, 0.717) is 22.5 Å². The van der Waals surface area contributed by atoms with E-state index in [4.69, 9.17) is 4.98 Å². The molecule has 5 rings (SSSR count). The maximum absolute atomic E-state index is 13.2. The molecule has 2 heterocycles. The highest BCUT2D eigenvalue weighted by Crippen LogP contribution is 2.25. The van der Waals surface area contributed by atoms with Crippen LogP contribution in [0.25, 0.3) is 33.4 Å². The Bertz CT molecular complexity index is 1480. The third-order valence-electron chi connectivity index (χ3n) is 5.21. The van der Waals surface area contributed by atoms with Crippen molar-refractivity contribution < 1.29 is 9.72 Å². The number of rotatable bonds is 5. The summed E-state index contributed by atoms with van der Waals surface area (Å²) >= 11 is 0. The molecule has 5 aromatic rings. The molecule has 8 heteroatoms. The summed E-state index contributed by atoms with van der Waals surface area (Å²) in [5, 5.41) is 16.0. The summed E-state index contributed by atoms with van der Waals surface area (Å²) in [6, 6.07) is 26.7. The number of aromatic nitrogens is 3. The Morgan fingerprint density at radius 3 is 2.30 bits per heavy atom. The van der Waals surface area contributed by atoms with Crippen LogP contribution in [0.3, 0.4) is 0 Å². The first kappa shape index (κ1) is 20.1. The summed E-state index contributed by atoms with van der Waals surface area (Å²) in [6.07, 6.45) is 1.62. The Labute approximate surface area is 188 Å². The molecule has 160 valence electrons. The number of nitro benzene ring substituents is 1. The molecule has 8 nitrogen and oxygen atoms in total. The molecule has 3 aromatic carbocycles. The number of nitrogens with zero attached hydrogens (tertiary/aromatic N) is 4. The number of carbonyl (C=O) groups excluding carboxylic acids is 1. The van der Waals surface area contributed by atoms with Crippen molar-refractivity contribution in [1.82, 2.24) is 14.9 Å². The Hall–Kier alpha value is -4.85. The molecule has 0 saturated carbocycles. The molecular weight excluding hydrogens is 418 g/mol. The molecule has 0 aliphatic rings. The van der Waals surface area contributed by atoms with Gasteiger partial charge in [-0.25, -0.2) is 10.4 Å². The van der Waals surface area contributed by atoms with Crippen LogP contribution in [0.5, 0.6) is 0 Å². The smallest absolute Gasteiger partial charge is 0.267 e. The molecule has 0 atom stereocenters. The molecule has 0 aliphatic carbocycles. The zero-order valence-corrected chi connectivity index (χ0v) is 17.3. The van der Waals surface area contributed by atoms with E-state index in [1.54, 1.807) is 30.5 Å². The van der Waals surface area contributed by atoms with Crippen molar-refractivity contribution in [2.75, 3.05) is 5.43 Å². The van der Waals surface area contributed by atoms with E-state index in [9.17, 15) is 14.9 Å². The fourth-order valence-corrected chi connectivity index (χ4v) is 3.58. The topological polar surface area (TPSA) is 103 Å². The number of benzene rings is 3. The first-order valence-corrected chi connectivity index (χ1v) is 10.2. The van der Waals surface area contributed by atoms with E-state index in [-0.39, 0.29) is 11.6 Å². The maximum Gasteiger partial charge on any atom is 0.272 e. The van der Waals surface area contributed by atoms with Gasteiger partial charge in [-0.05, 0) is 30.3 Å². The minimum Gasteiger partial charge on any atom is -0.267 e. The summed E-state index contributed by atoms with van der Waals surface area (Å²) in [7, 11) is 0. The zero-order valence-electron chi connectivity index (χ0n) is 17.3. The third kappa shape index (κ3) is 4.05. The number of non-ortho nitro benzene ring substituents is 1. The van der Waals surface area contributed by atoms with Gasteiger partial charge in [0.05, 0.1) is 27.4 Å². The van der Waals surface area contributed by atoms with Gasteiger partial charge < -0.3 is 0 Å². The number of nitrogens with one attached hydrogen (secondary N) is 1. The van der Waals surface area contributed by atoms with Gasteiger partial charge in [-0.2, -0.15) is 9.89 Å². The summed E-state index contributed by atoms with van der Waals surface area (Å²) in [4.78, 5) is 29.6. The quantitative estimate of drug-likeness (QED) is 0.307. The summed E-state index contributed by atoms with van der Waals surface area (Å²) in [5.74, 6) is -0.330. The van der Waals surface area contributed by atoms with Crippen molar-refractivity contribution in [2.24, 2.45) is 0 Å². The van der Waals surface area contributed by atoms with Crippen LogP contribution < -0.4 is 5.43 Å². The molecule has 1 N–H and O–H groups in total. The van der Waals surface area contributed by atoms with Crippen molar-refractivity contribution in [3.63, 3.8) is 0 Å². The molecule has 0 spiro atoms.